The van der Waals surface area contributed by atoms with Crippen LogP contribution >= 0.6 is 0 Å². The zero-order valence-electron chi connectivity index (χ0n) is 7.07. The third kappa shape index (κ3) is 2.85. The van der Waals surface area contributed by atoms with Crippen LogP contribution in [0.5, 0.6) is 5.75 Å². The molecule has 0 spiro atoms. The van der Waals surface area contributed by atoms with Gasteiger partial charge in [-0.05, 0) is 24.3 Å². The van der Waals surface area contributed by atoms with E-state index >= 15 is 0 Å². The van der Waals surface area contributed by atoms with Gasteiger partial charge in [0.1, 0.15) is 5.75 Å². The molecule has 59 valence electrons. The van der Waals surface area contributed by atoms with Crippen LogP contribution in [-0.2, 0) is 0 Å². The van der Waals surface area contributed by atoms with Crippen molar-refractivity contribution in [2.75, 3.05) is 7.11 Å². The third-order valence-electron chi connectivity index (χ3n) is 1.34. The van der Waals surface area contributed by atoms with E-state index in [-0.39, 0.29) is 35.1 Å². The second-order valence-corrected chi connectivity index (χ2v) is 2.03. The van der Waals surface area contributed by atoms with Crippen molar-refractivity contribution in [3.8, 4) is 5.75 Å². The van der Waals surface area contributed by atoms with Gasteiger partial charge in [-0.3, -0.25) is 0 Å². The summed E-state index contributed by atoms with van der Waals surface area (Å²) in [6.07, 6.45) is 0. The van der Waals surface area contributed by atoms with E-state index in [4.69, 9.17) is 9.84 Å². The fourth-order valence-electron chi connectivity index (χ4n) is 0.734. The average molecular weight is 175 g/mol. The van der Waals surface area contributed by atoms with Crippen LogP contribution < -0.4 is 4.74 Å². The Morgan fingerprint density at radius 3 is 2.17 bits per heavy atom. The molecular formula is C8H8NaO3. The molecule has 0 fully saturated rings. The second-order valence-electron chi connectivity index (χ2n) is 2.03. The maximum Gasteiger partial charge on any atom is 0.335 e. The molecule has 0 amide bonds. The van der Waals surface area contributed by atoms with Gasteiger partial charge in [0.05, 0.1) is 12.7 Å². The molecule has 1 aromatic carbocycles. The van der Waals surface area contributed by atoms with Gasteiger partial charge in [-0.25, -0.2) is 4.79 Å². The number of carbonyl (C=O) groups is 1. The predicted molar refractivity (Wildman–Crippen MR) is 45.7 cm³/mol. The Labute approximate surface area is 92.6 Å². The predicted octanol–water partition coefficient (Wildman–Crippen LogP) is 1.01. The van der Waals surface area contributed by atoms with Crippen LogP contribution in [0.15, 0.2) is 24.3 Å². The van der Waals surface area contributed by atoms with Crippen LogP contribution in [0.1, 0.15) is 10.4 Å². The minimum atomic E-state index is -0.923. The van der Waals surface area contributed by atoms with Gasteiger partial charge in [0.15, 0.2) is 0 Å². The van der Waals surface area contributed by atoms with Crippen molar-refractivity contribution < 1.29 is 14.6 Å². The van der Waals surface area contributed by atoms with E-state index in [1.54, 1.807) is 12.1 Å². The van der Waals surface area contributed by atoms with Crippen LogP contribution in [0.3, 0.4) is 0 Å². The molecule has 1 radical (unpaired) electrons. The van der Waals surface area contributed by atoms with Crippen molar-refractivity contribution in [1.82, 2.24) is 0 Å². The molecular weight excluding hydrogens is 167 g/mol. The first-order valence-electron chi connectivity index (χ1n) is 3.11. The van der Waals surface area contributed by atoms with E-state index in [0.717, 1.165) is 0 Å². The number of hydrogen-bond donors (Lipinski definition) is 1. The van der Waals surface area contributed by atoms with Crippen LogP contribution in [0.25, 0.3) is 0 Å². The molecule has 0 aliphatic rings. The molecule has 0 aromatic heterocycles. The zero-order chi connectivity index (χ0) is 8.27. The third-order valence-corrected chi connectivity index (χ3v) is 1.34. The monoisotopic (exact) mass is 175 g/mol. The molecule has 0 saturated heterocycles. The van der Waals surface area contributed by atoms with Crippen LogP contribution in [-0.4, -0.2) is 47.7 Å². The zero-order valence-corrected chi connectivity index (χ0v) is 9.07. The summed E-state index contributed by atoms with van der Waals surface area (Å²) < 4.78 is 4.86. The van der Waals surface area contributed by atoms with E-state index in [1.165, 1.54) is 19.2 Å². The molecule has 4 heteroatoms. The van der Waals surface area contributed by atoms with Gasteiger partial charge < -0.3 is 9.84 Å². The summed E-state index contributed by atoms with van der Waals surface area (Å²) in [6, 6.07) is 6.23. The number of methoxy groups -OCH3 is 1. The maximum absolute atomic E-state index is 10.4. The number of carboxylic acids is 1. The first kappa shape index (κ1) is 11.5. The average Bonchev–Trinajstić information content (AvgIpc) is 2.05. The molecule has 1 rings (SSSR count). The fraction of sp³-hybridized carbons (Fsp3) is 0.125. The largest absolute Gasteiger partial charge is 0.497 e. The molecule has 0 atom stereocenters. The number of carboxylic acid groups (broad SMARTS) is 1. The van der Waals surface area contributed by atoms with Crippen LogP contribution in [0.4, 0.5) is 0 Å². The molecule has 3 nitrogen and oxygen atoms in total. The Hall–Kier alpha value is -0.510. The topological polar surface area (TPSA) is 46.5 Å². The summed E-state index contributed by atoms with van der Waals surface area (Å²) in [6.45, 7) is 0. The quantitative estimate of drug-likeness (QED) is 0.682. The summed E-state index contributed by atoms with van der Waals surface area (Å²) in [4.78, 5) is 10.4. The normalized spacial score (nSPS) is 8.42. The van der Waals surface area contributed by atoms with Crippen molar-refractivity contribution in [2.45, 2.75) is 0 Å². The van der Waals surface area contributed by atoms with Crippen molar-refractivity contribution in [3.05, 3.63) is 29.8 Å². The molecule has 1 N–H and O–H groups in total. The summed E-state index contributed by atoms with van der Waals surface area (Å²) >= 11 is 0. The Balaban J connectivity index is 0.00000121. The first-order chi connectivity index (χ1) is 5.24. The number of hydrogen-bond acceptors (Lipinski definition) is 2. The van der Waals surface area contributed by atoms with E-state index in [2.05, 4.69) is 0 Å². The minimum Gasteiger partial charge on any atom is -0.497 e. The number of benzene rings is 1. The molecule has 0 aliphatic carbocycles. The van der Waals surface area contributed by atoms with Crippen molar-refractivity contribution in [2.24, 2.45) is 0 Å². The second kappa shape index (κ2) is 5.19. The molecule has 12 heavy (non-hydrogen) atoms. The number of rotatable bonds is 2. The van der Waals surface area contributed by atoms with Gasteiger partial charge in [0.2, 0.25) is 0 Å². The molecule has 0 heterocycles. The van der Waals surface area contributed by atoms with E-state index < -0.39 is 5.97 Å². The molecule has 0 saturated carbocycles. The Kier molecular flexibility index (Phi) is 4.97. The van der Waals surface area contributed by atoms with Gasteiger partial charge in [-0.1, -0.05) is 0 Å². The summed E-state index contributed by atoms with van der Waals surface area (Å²) in [5.41, 5.74) is 0.269. The SMILES string of the molecule is COc1ccc(C(=O)O)cc1.[Na]. The van der Waals surface area contributed by atoms with Gasteiger partial charge in [0.25, 0.3) is 0 Å². The number of ether oxygens (including phenoxy) is 1. The molecule has 1 aromatic rings. The minimum absolute atomic E-state index is 0. The van der Waals surface area contributed by atoms with Crippen LogP contribution in [0.2, 0.25) is 0 Å². The maximum atomic E-state index is 10.4. The van der Waals surface area contributed by atoms with E-state index in [9.17, 15) is 4.79 Å². The van der Waals surface area contributed by atoms with Crippen molar-refractivity contribution in [3.63, 3.8) is 0 Å². The van der Waals surface area contributed by atoms with Gasteiger partial charge in [-0.15, -0.1) is 0 Å². The van der Waals surface area contributed by atoms with E-state index in [1.807, 2.05) is 0 Å². The molecule has 0 aliphatic heterocycles. The summed E-state index contributed by atoms with van der Waals surface area (Å²) in [7, 11) is 1.54. The standard InChI is InChI=1S/C8H8O3.Na/c1-11-7-4-2-6(3-5-7)8(9)10;/h2-5H,1H3,(H,9,10);. The van der Waals surface area contributed by atoms with Crippen molar-refractivity contribution in [1.29, 1.82) is 0 Å². The Morgan fingerprint density at radius 1 is 1.33 bits per heavy atom. The van der Waals surface area contributed by atoms with E-state index in [0.29, 0.717) is 5.75 Å². The van der Waals surface area contributed by atoms with Gasteiger partial charge in [0, 0.05) is 29.6 Å². The van der Waals surface area contributed by atoms with Gasteiger partial charge in [-0.2, -0.15) is 0 Å². The summed E-state index contributed by atoms with van der Waals surface area (Å²) in [5.74, 6) is -0.261. The Bertz CT molecular complexity index is 256. The molecule has 0 unspecified atom stereocenters. The Morgan fingerprint density at radius 2 is 1.83 bits per heavy atom. The molecule has 0 bridgehead atoms. The first-order valence-corrected chi connectivity index (χ1v) is 3.11. The van der Waals surface area contributed by atoms with Crippen molar-refractivity contribution >= 4 is 35.5 Å². The smallest absolute Gasteiger partial charge is 0.335 e. The summed E-state index contributed by atoms with van der Waals surface area (Å²) in [5, 5.41) is 8.51. The van der Waals surface area contributed by atoms with Crippen LogP contribution in [0, 0.1) is 0 Å². The number of aromatic carboxylic acids is 1. The fourth-order valence-corrected chi connectivity index (χ4v) is 0.734. The van der Waals surface area contributed by atoms with Gasteiger partial charge >= 0.3 is 5.97 Å².